The van der Waals surface area contributed by atoms with Crippen LogP contribution in [-0.2, 0) is 10.0 Å². The van der Waals surface area contributed by atoms with Gasteiger partial charge in [0, 0.05) is 17.3 Å². The molecule has 166 valence electrons. The monoisotopic (exact) mass is 453 g/mol. The van der Waals surface area contributed by atoms with Gasteiger partial charge in [-0.05, 0) is 48.9 Å². The smallest absolute Gasteiger partial charge is 0.280 e. The Morgan fingerprint density at radius 1 is 0.875 bits per heavy atom. The maximum absolute atomic E-state index is 12.8. The Labute approximate surface area is 186 Å². The molecule has 0 aromatic heterocycles. The number of amides is 1. The van der Waals surface area contributed by atoms with Crippen LogP contribution in [0.15, 0.2) is 82.8 Å². The van der Waals surface area contributed by atoms with Crippen molar-refractivity contribution in [3.8, 4) is 11.5 Å². The van der Waals surface area contributed by atoms with Gasteiger partial charge in [0.1, 0.15) is 16.4 Å². The van der Waals surface area contributed by atoms with Crippen LogP contribution in [-0.4, -0.2) is 34.3 Å². The lowest BCUT2D eigenvalue weighted by molar-refractivity contribution is 0.102. The van der Waals surface area contributed by atoms with Gasteiger partial charge in [0.25, 0.3) is 15.9 Å². The molecule has 0 aliphatic rings. The number of carbonyl (C=O) groups is 1. The SMILES string of the molecule is COc1ccc(OC)c(S(=O)(=O)NN=C(C)c2cccc(NC(=O)c3ccccc3)c2)c1. The number of sulfonamides is 1. The number of nitrogens with zero attached hydrogens (tertiary/aromatic N) is 1. The van der Waals surface area contributed by atoms with Crippen LogP contribution in [0.1, 0.15) is 22.8 Å². The summed E-state index contributed by atoms with van der Waals surface area (Å²) < 4.78 is 35.8. The van der Waals surface area contributed by atoms with Crippen LogP contribution in [0.3, 0.4) is 0 Å². The Kier molecular flexibility index (Phi) is 7.11. The molecule has 0 bridgehead atoms. The lowest BCUT2D eigenvalue weighted by Crippen LogP contribution is -2.21. The zero-order valence-corrected chi connectivity index (χ0v) is 18.6. The van der Waals surface area contributed by atoms with Crippen molar-refractivity contribution < 1.29 is 22.7 Å². The van der Waals surface area contributed by atoms with Crippen molar-refractivity contribution in [2.24, 2.45) is 5.10 Å². The number of methoxy groups -OCH3 is 2. The molecule has 0 saturated carbocycles. The van der Waals surface area contributed by atoms with Crippen molar-refractivity contribution in [2.75, 3.05) is 19.5 Å². The largest absolute Gasteiger partial charge is 0.497 e. The second kappa shape index (κ2) is 9.97. The van der Waals surface area contributed by atoms with Gasteiger partial charge in [0.2, 0.25) is 0 Å². The van der Waals surface area contributed by atoms with Crippen LogP contribution < -0.4 is 19.6 Å². The molecule has 8 nitrogen and oxygen atoms in total. The summed E-state index contributed by atoms with van der Waals surface area (Å²) in [6.45, 7) is 1.66. The van der Waals surface area contributed by atoms with Crippen LogP contribution in [0.2, 0.25) is 0 Å². The summed E-state index contributed by atoms with van der Waals surface area (Å²) in [5.41, 5.74) is 2.13. The van der Waals surface area contributed by atoms with Crippen molar-refractivity contribution in [3.05, 3.63) is 83.9 Å². The molecule has 3 rings (SSSR count). The van der Waals surface area contributed by atoms with Gasteiger partial charge in [-0.2, -0.15) is 18.4 Å². The molecule has 0 aliphatic carbocycles. The van der Waals surface area contributed by atoms with E-state index in [4.69, 9.17) is 9.47 Å². The van der Waals surface area contributed by atoms with Gasteiger partial charge in [-0.25, -0.2) is 0 Å². The molecule has 3 aromatic rings. The third-order valence-electron chi connectivity index (χ3n) is 4.57. The number of hydrogen-bond acceptors (Lipinski definition) is 6. The van der Waals surface area contributed by atoms with Gasteiger partial charge in [-0.15, -0.1) is 0 Å². The number of ether oxygens (including phenoxy) is 2. The van der Waals surface area contributed by atoms with E-state index < -0.39 is 10.0 Å². The lowest BCUT2D eigenvalue weighted by Gasteiger charge is -2.11. The Morgan fingerprint density at radius 3 is 2.28 bits per heavy atom. The van der Waals surface area contributed by atoms with E-state index in [0.717, 1.165) is 0 Å². The highest BCUT2D eigenvalue weighted by Gasteiger charge is 2.20. The van der Waals surface area contributed by atoms with Crippen LogP contribution in [0, 0.1) is 0 Å². The Balaban J connectivity index is 1.79. The van der Waals surface area contributed by atoms with E-state index in [-0.39, 0.29) is 16.6 Å². The fourth-order valence-corrected chi connectivity index (χ4v) is 3.89. The van der Waals surface area contributed by atoms with Gasteiger partial charge < -0.3 is 14.8 Å². The molecule has 9 heteroatoms. The summed E-state index contributed by atoms with van der Waals surface area (Å²) in [5.74, 6) is 0.286. The van der Waals surface area contributed by atoms with Crippen molar-refractivity contribution in [1.29, 1.82) is 0 Å². The van der Waals surface area contributed by atoms with Gasteiger partial charge in [-0.1, -0.05) is 30.3 Å². The third kappa shape index (κ3) is 5.44. The van der Waals surface area contributed by atoms with Gasteiger partial charge in [0.05, 0.1) is 19.9 Å². The molecular weight excluding hydrogens is 430 g/mol. The number of rotatable bonds is 8. The Morgan fingerprint density at radius 2 is 1.59 bits per heavy atom. The summed E-state index contributed by atoms with van der Waals surface area (Å²) >= 11 is 0. The molecular formula is C23H23N3O5S. The second-order valence-electron chi connectivity index (χ2n) is 6.71. The van der Waals surface area contributed by atoms with Crippen LogP contribution in [0.4, 0.5) is 5.69 Å². The number of hydrazone groups is 1. The van der Waals surface area contributed by atoms with E-state index in [0.29, 0.717) is 28.3 Å². The normalized spacial score (nSPS) is 11.5. The van der Waals surface area contributed by atoms with Crippen LogP contribution >= 0.6 is 0 Å². The predicted octanol–water partition coefficient (Wildman–Crippen LogP) is 3.66. The molecule has 3 aromatic carbocycles. The predicted molar refractivity (Wildman–Crippen MR) is 123 cm³/mol. The van der Waals surface area contributed by atoms with Crippen molar-refractivity contribution in [3.63, 3.8) is 0 Å². The maximum atomic E-state index is 12.8. The zero-order valence-electron chi connectivity index (χ0n) is 17.8. The van der Waals surface area contributed by atoms with E-state index >= 15 is 0 Å². The molecule has 0 radical (unpaired) electrons. The van der Waals surface area contributed by atoms with Gasteiger partial charge in [0.15, 0.2) is 0 Å². The number of nitrogens with one attached hydrogen (secondary N) is 2. The average molecular weight is 454 g/mol. The average Bonchev–Trinajstić information content (AvgIpc) is 2.82. The van der Waals surface area contributed by atoms with Crippen LogP contribution in [0.25, 0.3) is 0 Å². The van der Waals surface area contributed by atoms with Gasteiger partial charge >= 0.3 is 0 Å². The molecule has 1 amide bonds. The Bertz CT molecular complexity index is 1240. The molecule has 0 aliphatic heterocycles. The first-order valence-corrected chi connectivity index (χ1v) is 11.1. The Hall–Kier alpha value is -3.85. The third-order valence-corrected chi connectivity index (χ3v) is 5.80. The second-order valence-corrected chi connectivity index (χ2v) is 8.34. The summed E-state index contributed by atoms with van der Waals surface area (Å²) in [4.78, 5) is 14.5. The first-order chi connectivity index (χ1) is 15.3. The number of hydrogen-bond donors (Lipinski definition) is 2. The van der Waals surface area contributed by atoms with Crippen molar-refractivity contribution in [2.45, 2.75) is 11.8 Å². The highest BCUT2D eigenvalue weighted by Crippen LogP contribution is 2.28. The molecule has 0 spiro atoms. The maximum Gasteiger partial charge on any atom is 0.280 e. The fraction of sp³-hybridized carbons (Fsp3) is 0.130. The summed E-state index contributed by atoms with van der Waals surface area (Å²) in [6, 6.07) is 20.2. The number of benzene rings is 3. The standard InChI is InChI=1S/C23H23N3O5S/c1-16(25-26-32(28,29)22-15-20(30-2)12-13-21(22)31-3)18-10-7-11-19(14-18)24-23(27)17-8-5-4-6-9-17/h4-15,26H,1-3H3,(H,24,27). The molecule has 0 saturated heterocycles. The first kappa shape index (κ1) is 22.8. The van der Waals surface area contributed by atoms with Gasteiger partial charge in [-0.3, -0.25) is 4.79 Å². The quantitative estimate of drug-likeness (QED) is 0.400. The van der Waals surface area contributed by atoms with E-state index in [9.17, 15) is 13.2 Å². The first-order valence-electron chi connectivity index (χ1n) is 9.59. The minimum Gasteiger partial charge on any atom is -0.497 e. The molecule has 0 fully saturated rings. The fourth-order valence-electron chi connectivity index (χ4n) is 2.85. The molecule has 0 atom stereocenters. The van der Waals surface area contributed by atoms with Crippen LogP contribution in [0.5, 0.6) is 11.5 Å². The van der Waals surface area contributed by atoms with E-state index in [2.05, 4.69) is 15.2 Å². The minimum atomic E-state index is -4.02. The summed E-state index contributed by atoms with van der Waals surface area (Å²) in [5, 5.41) is 6.84. The lowest BCUT2D eigenvalue weighted by atomic mass is 10.1. The number of carbonyl (C=O) groups excluding carboxylic acids is 1. The molecule has 32 heavy (non-hydrogen) atoms. The highest BCUT2D eigenvalue weighted by atomic mass is 32.2. The zero-order chi connectivity index (χ0) is 23.1. The van der Waals surface area contributed by atoms with E-state index in [1.165, 1.54) is 26.4 Å². The molecule has 0 unspecified atom stereocenters. The summed E-state index contributed by atoms with van der Waals surface area (Å²) in [6.07, 6.45) is 0. The molecule has 0 heterocycles. The van der Waals surface area contributed by atoms with Crippen molar-refractivity contribution in [1.82, 2.24) is 4.83 Å². The van der Waals surface area contributed by atoms with Crippen molar-refractivity contribution >= 4 is 27.3 Å². The topological polar surface area (TPSA) is 106 Å². The minimum absolute atomic E-state index is 0.0974. The number of anilines is 1. The van der Waals surface area contributed by atoms with E-state index in [1.807, 2.05) is 6.07 Å². The molecule has 2 N–H and O–H groups in total. The highest BCUT2D eigenvalue weighted by molar-refractivity contribution is 7.89. The van der Waals surface area contributed by atoms with E-state index in [1.54, 1.807) is 61.5 Å². The summed E-state index contributed by atoms with van der Waals surface area (Å²) in [7, 11) is -1.19.